The average Bonchev–Trinajstić information content (AvgIpc) is 3.06. The average molecular weight is 336 g/mol. The molecule has 7 nitrogen and oxygen atoms in total. The zero-order valence-corrected chi connectivity index (χ0v) is 14.2. The van der Waals surface area contributed by atoms with Crippen LogP contribution >= 0.6 is 0 Å². The van der Waals surface area contributed by atoms with E-state index in [1.54, 1.807) is 37.8 Å². The Bertz CT molecular complexity index is 802. The Labute approximate surface area is 135 Å². The summed E-state index contributed by atoms with van der Waals surface area (Å²) >= 11 is 0. The molecule has 8 heteroatoms. The molecule has 1 unspecified atom stereocenters. The van der Waals surface area contributed by atoms with Gasteiger partial charge >= 0.3 is 0 Å². The lowest BCUT2D eigenvalue weighted by Crippen LogP contribution is -2.31. The van der Waals surface area contributed by atoms with Gasteiger partial charge in [-0.25, -0.2) is 13.4 Å². The lowest BCUT2D eigenvalue weighted by molar-refractivity contribution is 0.207. The summed E-state index contributed by atoms with van der Waals surface area (Å²) in [5.41, 5.74) is 1.18. The summed E-state index contributed by atoms with van der Waals surface area (Å²) < 4.78 is 34.6. The van der Waals surface area contributed by atoms with Crippen LogP contribution in [0.4, 0.5) is 0 Å². The number of ether oxygens (including phenoxy) is 1. The number of hydrogen-bond donors (Lipinski definition) is 0. The minimum absolute atomic E-state index is 0.183. The molecule has 1 aliphatic rings. The highest BCUT2D eigenvalue weighted by Gasteiger charge is 2.36. The maximum atomic E-state index is 12.9. The Morgan fingerprint density at radius 1 is 1.30 bits per heavy atom. The second kappa shape index (κ2) is 5.93. The number of rotatable bonds is 4. The maximum absolute atomic E-state index is 12.9. The van der Waals surface area contributed by atoms with Gasteiger partial charge in [0.15, 0.2) is 0 Å². The van der Waals surface area contributed by atoms with Gasteiger partial charge in [-0.3, -0.25) is 4.68 Å². The highest BCUT2D eigenvalue weighted by molar-refractivity contribution is 7.89. The summed E-state index contributed by atoms with van der Waals surface area (Å²) in [5, 5.41) is 4.20. The van der Waals surface area contributed by atoms with Gasteiger partial charge in [0.1, 0.15) is 11.0 Å². The van der Waals surface area contributed by atoms with Gasteiger partial charge in [-0.15, -0.1) is 0 Å². The van der Waals surface area contributed by atoms with E-state index in [-0.39, 0.29) is 6.10 Å². The van der Waals surface area contributed by atoms with E-state index in [2.05, 4.69) is 10.1 Å². The first-order valence-electron chi connectivity index (χ1n) is 7.47. The van der Waals surface area contributed by atoms with Crippen LogP contribution in [0.25, 0.3) is 0 Å². The highest BCUT2D eigenvalue weighted by atomic mass is 32.2. The van der Waals surface area contributed by atoms with Gasteiger partial charge < -0.3 is 4.74 Å². The Balaban J connectivity index is 1.78. The van der Waals surface area contributed by atoms with E-state index in [9.17, 15) is 8.42 Å². The summed E-state index contributed by atoms with van der Waals surface area (Å²) in [5.74, 6) is 0.519. The van der Waals surface area contributed by atoms with Gasteiger partial charge in [-0.05, 0) is 26.3 Å². The van der Waals surface area contributed by atoms with Crippen LogP contribution in [0, 0.1) is 13.8 Å². The Morgan fingerprint density at radius 3 is 2.70 bits per heavy atom. The van der Waals surface area contributed by atoms with Crippen LogP contribution in [0.2, 0.25) is 0 Å². The van der Waals surface area contributed by atoms with Crippen LogP contribution in [-0.2, 0) is 17.1 Å². The van der Waals surface area contributed by atoms with Crippen molar-refractivity contribution in [1.82, 2.24) is 19.1 Å². The van der Waals surface area contributed by atoms with Crippen LogP contribution in [0.5, 0.6) is 5.88 Å². The summed E-state index contributed by atoms with van der Waals surface area (Å²) in [7, 11) is -1.81. The van der Waals surface area contributed by atoms with Gasteiger partial charge in [0, 0.05) is 25.9 Å². The van der Waals surface area contributed by atoms with Crippen molar-refractivity contribution in [1.29, 1.82) is 0 Å². The van der Waals surface area contributed by atoms with E-state index < -0.39 is 10.0 Å². The zero-order valence-electron chi connectivity index (χ0n) is 13.4. The normalized spacial score (nSPS) is 19.2. The first-order valence-corrected chi connectivity index (χ1v) is 8.91. The lowest BCUT2D eigenvalue weighted by atomic mass is 10.3. The molecule has 1 fully saturated rings. The van der Waals surface area contributed by atoms with Crippen LogP contribution in [0.15, 0.2) is 29.3 Å². The summed E-state index contributed by atoms with van der Waals surface area (Å²) in [6.07, 6.45) is 2.12. The fraction of sp³-hybridized carbons (Fsp3) is 0.467. The third-order valence-electron chi connectivity index (χ3n) is 4.07. The lowest BCUT2D eigenvalue weighted by Gasteiger charge is -2.17. The van der Waals surface area contributed by atoms with E-state index in [1.807, 2.05) is 12.1 Å². The molecule has 0 aliphatic carbocycles. The molecule has 0 radical (unpaired) electrons. The van der Waals surface area contributed by atoms with Crippen molar-refractivity contribution in [2.45, 2.75) is 31.3 Å². The van der Waals surface area contributed by atoms with Gasteiger partial charge in [0.2, 0.25) is 15.9 Å². The third kappa shape index (κ3) is 2.96. The molecular weight excluding hydrogens is 316 g/mol. The molecule has 2 aromatic heterocycles. The predicted molar refractivity (Wildman–Crippen MR) is 84.7 cm³/mol. The van der Waals surface area contributed by atoms with Gasteiger partial charge in [-0.1, -0.05) is 6.07 Å². The number of nitrogens with zero attached hydrogens (tertiary/aromatic N) is 4. The number of sulfonamides is 1. The molecule has 0 N–H and O–H groups in total. The van der Waals surface area contributed by atoms with E-state index in [4.69, 9.17) is 4.74 Å². The van der Waals surface area contributed by atoms with E-state index in [0.717, 1.165) is 0 Å². The smallest absolute Gasteiger partial charge is 0.246 e. The minimum atomic E-state index is -3.55. The van der Waals surface area contributed by atoms with Crippen LogP contribution < -0.4 is 4.74 Å². The molecule has 0 amide bonds. The standard InChI is InChI=1S/C15H20N4O3S/c1-11-15(12(2)18(3)17-11)23(20,21)19-9-7-13(10-19)22-14-6-4-5-8-16-14/h4-6,8,13H,7,9-10H2,1-3H3. The monoisotopic (exact) mass is 336 g/mol. The second-order valence-corrected chi connectivity index (χ2v) is 7.56. The molecule has 2 aromatic rings. The Morgan fingerprint density at radius 2 is 2.09 bits per heavy atom. The van der Waals surface area contributed by atoms with E-state index in [0.29, 0.717) is 41.7 Å². The molecule has 0 spiro atoms. The van der Waals surface area contributed by atoms with Crippen LogP contribution in [0.1, 0.15) is 17.8 Å². The molecule has 3 heterocycles. The van der Waals surface area contributed by atoms with Gasteiger partial charge in [0.05, 0.1) is 17.9 Å². The van der Waals surface area contributed by atoms with Crippen molar-refractivity contribution in [2.24, 2.45) is 7.05 Å². The molecule has 0 saturated carbocycles. The van der Waals surface area contributed by atoms with Crippen molar-refractivity contribution in [3.8, 4) is 5.88 Å². The fourth-order valence-electron chi connectivity index (χ4n) is 2.86. The highest BCUT2D eigenvalue weighted by Crippen LogP contribution is 2.27. The number of aromatic nitrogens is 3. The van der Waals surface area contributed by atoms with E-state index in [1.165, 1.54) is 4.31 Å². The topological polar surface area (TPSA) is 77.3 Å². The quantitative estimate of drug-likeness (QED) is 0.840. The summed E-state index contributed by atoms with van der Waals surface area (Å²) in [6.45, 7) is 4.25. The second-order valence-electron chi connectivity index (χ2n) is 5.68. The fourth-order valence-corrected chi connectivity index (χ4v) is 4.74. The van der Waals surface area contributed by atoms with Crippen molar-refractivity contribution >= 4 is 10.0 Å². The molecule has 23 heavy (non-hydrogen) atoms. The van der Waals surface area contributed by atoms with Crippen molar-refractivity contribution in [3.63, 3.8) is 0 Å². The first-order chi connectivity index (χ1) is 10.9. The zero-order chi connectivity index (χ0) is 16.6. The maximum Gasteiger partial charge on any atom is 0.246 e. The summed E-state index contributed by atoms with van der Waals surface area (Å²) in [4.78, 5) is 4.42. The van der Waals surface area contributed by atoms with Gasteiger partial charge in [-0.2, -0.15) is 9.40 Å². The van der Waals surface area contributed by atoms with E-state index >= 15 is 0 Å². The molecule has 1 aliphatic heterocycles. The van der Waals surface area contributed by atoms with Gasteiger partial charge in [0.25, 0.3) is 0 Å². The molecule has 3 rings (SSSR count). The minimum Gasteiger partial charge on any atom is -0.473 e. The Kier molecular flexibility index (Phi) is 4.11. The SMILES string of the molecule is Cc1nn(C)c(C)c1S(=O)(=O)N1CCC(Oc2ccccn2)C1. The molecule has 1 saturated heterocycles. The number of pyridine rings is 1. The van der Waals surface area contributed by atoms with Crippen molar-refractivity contribution < 1.29 is 13.2 Å². The molecule has 124 valence electrons. The molecule has 0 bridgehead atoms. The van der Waals surface area contributed by atoms with Crippen LogP contribution in [0.3, 0.4) is 0 Å². The van der Waals surface area contributed by atoms with Crippen molar-refractivity contribution in [2.75, 3.05) is 13.1 Å². The number of aryl methyl sites for hydroxylation is 2. The van der Waals surface area contributed by atoms with Crippen LogP contribution in [-0.4, -0.2) is 46.7 Å². The summed E-state index contributed by atoms with van der Waals surface area (Å²) in [6, 6.07) is 5.42. The number of hydrogen-bond acceptors (Lipinski definition) is 5. The first kappa shape index (κ1) is 15.9. The molecular formula is C15H20N4O3S. The largest absolute Gasteiger partial charge is 0.473 e. The Hall–Kier alpha value is -1.93. The predicted octanol–water partition coefficient (Wildman–Crippen LogP) is 1.27. The molecule has 0 aromatic carbocycles. The van der Waals surface area contributed by atoms with Crippen molar-refractivity contribution in [3.05, 3.63) is 35.8 Å². The molecule has 1 atom stereocenters. The third-order valence-corrected chi connectivity index (χ3v) is 6.19.